The van der Waals surface area contributed by atoms with E-state index in [4.69, 9.17) is 27.6 Å². The fourth-order valence-corrected chi connectivity index (χ4v) is 2.38. The molecule has 2 aromatic carbocycles. The van der Waals surface area contributed by atoms with Crippen LogP contribution in [0.1, 0.15) is 10.4 Å². The van der Waals surface area contributed by atoms with Crippen molar-refractivity contribution in [2.75, 3.05) is 0 Å². The third-order valence-electron chi connectivity index (χ3n) is 2.73. The van der Waals surface area contributed by atoms with Crippen LogP contribution in [0, 0.1) is 0 Å². The summed E-state index contributed by atoms with van der Waals surface area (Å²) in [5, 5.41) is 11.7. The van der Waals surface area contributed by atoms with Crippen molar-refractivity contribution in [3.8, 4) is 11.5 Å². The number of hydrogen-bond donors (Lipinski definition) is 0. The van der Waals surface area contributed by atoms with Gasteiger partial charge in [0, 0.05) is 21.2 Å². The third-order valence-corrected chi connectivity index (χ3v) is 3.17. The second-order valence-corrected chi connectivity index (χ2v) is 5.02. The summed E-state index contributed by atoms with van der Waals surface area (Å²) in [6.45, 7) is 0. The number of aromatic carboxylic acids is 1. The van der Waals surface area contributed by atoms with Crippen molar-refractivity contribution in [3.63, 3.8) is 0 Å². The molecule has 4 nitrogen and oxygen atoms in total. The molecule has 21 heavy (non-hydrogen) atoms. The number of fused-ring (bicyclic) bond motifs is 1. The number of rotatable bonds is 2. The van der Waals surface area contributed by atoms with Crippen LogP contribution in [0.3, 0.4) is 0 Å². The quantitative estimate of drug-likeness (QED) is 0.629. The number of halogens is 2. The Morgan fingerprint density at radius 1 is 1.10 bits per heavy atom. The minimum absolute atomic E-state index is 0. The van der Waals surface area contributed by atoms with Crippen LogP contribution in [0.4, 0.5) is 0 Å². The first-order chi connectivity index (χ1) is 9.52. The smallest absolute Gasteiger partial charge is 0.545 e. The van der Waals surface area contributed by atoms with Crippen LogP contribution in [0.2, 0.25) is 10.0 Å². The molecular weight excluding hydrogens is 324 g/mol. The van der Waals surface area contributed by atoms with E-state index in [1.807, 2.05) is 0 Å². The van der Waals surface area contributed by atoms with Gasteiger partial charge in [-0.1, -0.05) is 29.3 Å². The van der Waals surface area contributed by atoms with Crippen LogP contribution < -0.4 is 34.7 Å². The van der Waals surface area contributed by atoms with Gasteiger partial charge in [-0.05, 0) is 30.3 Å². The maximum atomic E-state index is 10.8. The van der Waals surface area contributed by atoms with Gasteiger partial charge in [-0.3, -0.25) is 0 Å². The van der Waals surface area contributed by atoms with Crippen LogP contribution in [-0.2, 0) is 0 Å². The van der Waals surface area contributed by atoms with Gasteiger partial charge < -0.3 is 14.3 Å². The molecule has 0 unspecified atom stereocenters. The average molecular weight is 330 g/mol. The summed E-state index contributed by atoms with van der Waals surface area (Å²) in [5.41, 5.74) is 1.55. The van der Waals surface area contributed by atoms with E-state index in [-0.39, 0.29) is 35.1 Å². The SMILES string of the molecule is O=C([O-])c1ccc2nc(-c3cc(Cl)cc(Cl)c3)oc2c1.[Na+]. The Hall–Kier alpha value is -1.04. The van der Waals surface area contributed by atoms with E-state index < -0.39 is 5.97 Å². The normalized spacial score (nSPS) is 10.4. The number of carboxylic acid groups (broad SMARTS) is 1. The van der Waals surface area contributed by atoms with E-state index in [0.717, 1.165) is 0 Å². The molecule has 0 saturated heterocycles. The van der Waals surface area contributed by atoms with E-state index in [1.54, 1.807) is 24.3 Å². The largest absolute Gasteiger partial charge is 1.00 e. The molecule has 1 heterocycles. The summed E-state index contributed by atoms with van der Waals surface area (Å²) in [5.74, 6) is -0.949. The Morgan fingerprint density at radius 3 is 2.38 bits per heavy atom. The average Bonchev–Trinajstić information content (AvgIpc) is 2.80. The predicted octanol–water partition coefficient (Wildman–Crippen LogP) is 0.169. The van der Waals surface area contributed by atoms with Crippen molar-refractivity contribution in [3.05, 3.63) is 52.0 Å². The summed E-state index contributed by atoms with van der Waals surface area (Å²) in [4.78, 5) is 15.1. The Labute approximate surface area is 152 Å². The molecule has 3 aromatic rings. The summed E-state index contributed by atoms with van der Waals surface area (Å²) < 4.78 is 5.54. The Bertz CT molecular complexity index is 812. The van der Waals surface area contributed by atoms with Crippen LogP contribution in [0.5, 0.6) is 0 Å². The van der Waals surface area contributed by atoms with Gasteiger partial charge in [0.2, 0.25) is 5.89 Å². The Balaban J connectivity index is 0.00000161. The van der Waals surface area contributed by atoms with Crippen molar-refractivity contribution in [1.82, 2.24) is 4.98 Å². The molecule has 0 saturated carbocycles. The number of aromatic nitrogens is 1. The first kappa shape index (κ1) is 16.3. The molecule has 0 spiro atoms. The van der Waals surface area contributed by atoms with Crippen molar-refractivity contribution in [2.45, 2.75) is 0 Å². The van der Waals surface area contributed by atoms with E-state index in [2.05, 4.69) is 4.98 Å². The fraction of sp³-hybridized carbons (Fsp3) is 0. The zero-order valence-corrected chi connectivity index (χ0v) is 14.4. The molecule has 0 aliphatic rings. The van der Waals surface area contributed by atoms with Gasteiger partial charge in [-0.2, -0.15) is 0 Å². The van der Waals surface area contributed by atoms with Gasteiger partial charge in [0.15, 0.2) is 5.58 Å². The van der Waals surface area contributed by atoms with Gasteiger partial charge in [0.25, 0.3) is 0 Å². The number of carbonyl (C=O) groups excluding carboxylic acids is 1. The molecule has 0 radical (unpaired) electrons. The Morgan fingerprint density at radius 2 is 1.76 bits per heavy atom. The molecule has 3 rings (SSSR count). The molecule has 0 atom stereocenters. The van der Waals surface area contributed by atoms with E-state index in [1.165, 1.54) is 12.1 Å². The first-order valence-corrected chi connectivity index (χ1v) is 6.37. The number of hydrogen-bond acceptors (Lipinski definition) is 4. The molecule has 100 valence electrons. The summed E-state index contributed by atoms with van der Waals surface area (Å²) >= 11 is 11.9. The van der Waals surface area contributed by atoms with Gasteiger partial charge >= 0.3 is 29.6 Å². The molecule has 0 aliphatic carbocycles. The number of benzene rings is 2. The topological polar surface area (TPSA) is 66.2 Å². The first-order valence-electron chi connectivity index (χ1n) is 5.61. The molecule has 7 heteroatoms. The van der Waals surface area contributed by atoms with Gasteiger partial charge in [-0.15, -0.1) is 0 Å². The number of oxazole rings is 1. The number of carboxylic acids is 1. The zero-order valence-electron chi connectivity index (χ0n) is 10.9. The molecule has 0 bridgehead atoms. The standard InChI is InChI=1S/C14H7Cl2NO3.Na/c15-9-3-8(4-10(16)6-9)13-17-11-2-1-7(14(18)19)5-12(11)20-13;/h1-6H,(H,18,19);/q;+1/p-1. The minimum atomic E-state index is -1.27. The maximum absolute atomic E-state index is 10.8. The monoisotopic (exact) mass is 329 g/mol. The van der Waals surface area contributed by atoms with Crippen molar-refractivity contribution in [1.29, 1.82) is 0 Å². The number of nitrogens with zero attached hydrogens (tertiary/aromatic N) is 1. The van der Waals surface area contributed by atoms with Crippen molar-refractivity contribution >= 4 is 40.3 Å². The van der Waals surface area contributed by atoms with E-state index >= 15 is 0 Å². The second kappa shape index (κ2) is 6.38. The van der Waals surface area contributed by atoms with Gasteiger partial charge in [0.05, 0.1) is 5.97 Å². The van der Waals surface area contributed by atoms with E-state index in [0.29, 0.717) is 32.6 Å². The fourth-order valence-electron chi connectivity index (χ4n) is 1.85. The molecule has 0 N–H and O–H groups in total. The molecule has 0 amide bonds. The van der Waals surface area contributed by atoms with Gasteiger partial charge in [-0.25, -0.2) is 4.98 Å². The summed E-state index contributed by atoms with van der Waals surface area (Å²) in [7, 11) is 0. The minimum Gasteiger partial charge on any atom is -0.545 e. The van der Waals surface area contributed by atoms with E-state index in [9.17, 15) is 9.90 Å². The summed E-state index contributed by atoms with van der Waals surface area (Å²) in [6.07, 6.45) is 0. The second-order valence-electron chi connectivity index (χ2n) is 4.15. The molecule has 0 aliphatic heterocycles. The van der Waals surface area contributed by atoms with Crippen molar-refractivity contribution < 1.29 is 43.9 Å². The van der Waals surface area contributed by atoms with Crippen LogP contribution in [-0.4, -0.2) is 11.0 Å². The number of carbonyl (C=O) groups is 1. The Kier molecular flexibility index (Phi) is 4.96. The van der Waals surface area contributed by atoms with Crippen LogP contribution in [0.25, 0.3) is 22.6 Å². The van der Waals surface area contributed by atoms with Crippen LogP contribution in [0.15, 0.2) is 40.8 Å². The molecular formula is C14H6Cl2NNaO3. The van der Waals surface area contributed by atoms with Gasteiger partial charge in [0.1, 0.15) is 5.52 Å². The van der Waals surface area contributed by atoms with Crippen molar-refractivity contribution in [2.24, 2.45) is 0 Å². The molecule has 0 fully saturated rings. The third kappa shape index (κ3) is 3.42. The zero-order chi connectivity index (χ0) is 14.3. The van der Waals surface area contributed by atoms with Crippen LogP contribution >= 0.6 is 23.2 Å². The molecule has 1 aromatic heterocycles. The maximum Gasteiger partial charge on any atom is 1.00 e. The summed E-state index contributed by atoms with van der Waals surface area (Å²) in [6, 6.07) is 9.26. The predicted molar refractivity (Wildman–Crippen MR) is 73.8 cm³/mol.